The number of nitrogens with one attached hydrogen (secondary N) is 3. The van der Waals surface area contributed by atoms with Gasteiger partial charge in [-0.2, -0.15) is 0 Å². The van der Waals surface area contributed by atoms with Crippen LogP contribution in [0.15, 0.2) is 64.7 Å². The number of aromatic nitrogens is 1. The third kappa shape index (κ3) is 4.01. The first-order valence-corrected chi connectivity index (χ1v) is 9.80. The Morgan fingerprint density at radius 2 is 1.96 bits per heavy atom. The zero-order valence-corrected chi connectivity index (χ0v) is 16.1. The molecule has 1 amide bonds. The number of amidine groups is 1. The molecule has 1 aliphatic rings. The maximum atomic E-state index is 12.2. The number of para-hydroxylation sites is 1. The predicted molar refractivity (Wildman–Crippen MR) is 115 cm³/mol. The van der Waals surface area contributed by atoms with E-state index in [-0.39, 0.29) is 17.6 Å². The van der Waals surface area contributed by atoms with Crippen LogP contribution in [0.2, 0.25) is 0 Å². The average molecular weight is 392 g/mol. The number of hydrogen-bond acceptors (Lipinski definition) is 6. The number of guanidine groups is 1. The van der Waals surface area contributed by atoms with Gasteiger partial charge in [0.1, 0.15) is 0 Å². The molecule has 1 aromatic heterocycles. The fraction of sp³-hybridized carbons (Fsp3) is 0.150. The highest BCUT2D eigenvalue weighted by Gasteiger charge is 2.20. The summed E-state index contributed by atoms with van der Waals surface area (Å²) in [5, 5.41) is 7.43. The van der Waals surface area contributed by atoms with Gasteiger partial charge in [0.2, 0.25) is 5.91 Å². The number of carbonyl (C=O) groups excluding carboxylic acids is 1. The van der Waals surface area contributed by atoms with E-state index < -0.39 is 6.17 Å². The van der Waals surface area contributed by atoms with Gasteiger partial charge in [-0.25, -0.2) is 9.98 Å². The number of anilines is 1. The molecule has 2 heterocycles. The number of aryl methyl sites for hydroxylation is 1. The molecule has 1 unspecified atom stereocenters. The lowest BCUT2D eigenvalue weighted by Crippen LogP contribution is -2.39. The summed E-state index contributed by atoms with van der Waals surface area (Å²) in [5.41, 5.74) is 9.83. The maximum Gasteiger partial charge on any atom is 0.234 e. The SMILES string of the molecule is Cc1ccc(NC(=O)CSC2=NC(c3c[nH]c4ccccc34)N=C(N)N2)cc1. The molecule has 1 atom stereocenters. The minimum absolute atomic E-state index is 0.108. The van der Waals surface area contributed by atoms with Crippen LogP contribution in [0.25, 0.3) is 10.9 Å². The smallest absolute Gasteiger partial charge is 0.234 e. The van der Waals surface area contributed by atoms with Crippen molar-refractivity contribution in [3.63, 3.8) is 0 Å². The van der Waals surface area contributed by atoms with Gasteiger partial charge in [0.15, 0.2) is 17.3 Å². The second-order valence-corrected chi connectivity index (χ2v) is 7.40. The van der Waals surface area contributed by atoms with Crippen molar-refractivity contribution in [3.8, 4) is 0 Å². The number of carbonyl (C=O) groups is 1. The van der Waals surface area contributed by atoms with Crippen LogP contribution in [0.5, 0.6) is 0 Å². The number of rotatable bonds is 4. The number of fused-ring (bicyclic) bond motifs is 1. The molecule has 0 fully saturated rings. The van der Waals surface area contributed by atoms with Gasteiger partial charge in [0, 0.05) is 28.4 Å². The molecular weight excluding hydrogens is 372 g/mol. The standard InChI is InChI=1S/C20H20N6OS/c1-12-6-8-13(9-7-12)23-17(27)11-28-20-25-18(24-19(21)26-20)15-10-22-16-5-3-2-4-14(15)16/h2-10,18,22H,11H2,1H3,(H,23,27)(H3,21,24,25,26). The zero-order chi connectivity index (χ0) is 19.5. The first kappa shape index (κ1) is 18.1. The molecule has 0 aliphatic carbocycles. The Kier molecular flexibility index (Phi) is 5.03. The van der Waals surface area contributed by atoms with Crippen LogP contribution in [0.1, 0.15) is 17.3 Å². The second kappa shape index (κ2) is 7.77. The molecule has 5 N–H and O–H groups in total. The molecule has 28 heavy (non-hydrogen) atoms. The van der Waals surface area contributed by atoms with Crippen LogP contribution in [-0.2, 0) is 4.79 Å². The zero-order valence-electron chi connectivity index (χ0n) is 15.3. The summed E-state index contributed by atoms with van der Waals surface area (Å²) in [7, 11) is 0. The van der Waals surface area contributed by atoms with E-state index >= 15 is 0 Å². The second-order valence-electron chi connectivity index (χ2n) is 6.44. The highest BCUT2D eigenvalue weighted by Crippen LogP contribution is 2.29. The third-order valence-electron chi connectivity index (χ3n) is 4.31. The Morgan fingerprint density at radius 1 is 1.18 bits per heavy atom. The minimum Gasteiger partial charge on any atom is -0.370 e. The van der Waals surface area contributed by atoms with Gasteiger partial charge >= 0.3 is 0 Å². The van der Waals surface area contributed by atoms with Crippen molar-refractivity contribution < 1.29 is 4.79 Å². The summed E-state index contributed by atoms with van der Waals surface area (Å²) in [6.45, 7) is 2.00. The fourth-order valence-corrected chi connectivity index (χ4v) is 3.62. The monoisotopic (exact) mass is 392 g/mol. The molecule has 142 valence electrons. The molecule has 7 nitrogen and oxygen atoms in total. The summed E-state index contributed by atoms with van der Waals surface area (Å²) < 4.78 is 0. The molecule has 1 aliphatic heterocycles. The lowest BCUT2D eigenvalue weighted by molar-refractivity contribution is -0.113. The van der Waals surface area contributed by atoms with E-state index in [4.69, 9.17) is 5.73 Å². The number of nitrogens with zero attached hydrogens (tertiary/aromatic N) is 2. The molecule has 2 aromatic carbocycles. The first-order valence-electron chi connectivity index (χ1n) is 8.82. The molecule has 0 saturated heterocycles. The molecule has 0 radical (unpaired) electrons. The van der Waals surface area contributed by atoms with Crippen LogP contribution in [0.4, 0.5) is 5.69 Å². The van der Waals surface area contributed by atoms with Crippen molar-refractivity contribution in [1.29, 1.82) is 0 Å². The van der Waals surface area contributed by atoms with E-state index in [1.165, 1.54) is 11.8 Å². The van der Waals surface area contributed by atoms with E-state index in [0.717, 1.165) is 27.7 Å². The van der Waals surface area contributed by atoms with Crippen LogP contribution in [-0.4, -0.2) is 27.8 Å². The molecule has 0 spiro atoms. The lowest BCUT2D eigenvalue weighted by Gasteiger charge is -2.18. The number of amides is 1. The van der Waals surface area contributed by atoms with E-state index in [9.17, 15) is 4.79 Å². The summed E-state index contributed by atoms with van der Waals surface area (Å²) in [5.74, 6) is 0.392. The highest BCUT2D eigenvalue weighted by molar-refractivity contribution is 8.14. The van der Waals surface area contributed by atoms with Crippen LogP contribution in [0, 0.1) is 6.92 Å². The molecule has 8 heteroatoms. The summed E-state index contributed by atoms with van der Waals surface area (Å²) in [6, 6.07) is 15.6. The summed E-state index contributed by atoms with van der Waals surface area (Å²) in [4.78, 5) is 24.5. The van der Waals surface area contributed by atoms with E-state index in [2.05, 4.69) is 25.6 Å². The summed E-state index contributed by atoms with van der Waals surface area (Å²) >= 11 is 1.29. The normalized spacial score (nSPS) is 16.2. The van der Waals surface area contributed by atoms with E-state index in [1.807, 2.05) is 61.7 Å². The Hall–Kier alpha value is -3.26. The number of benzene rings is 2. The third-order valence-corrected chi connectivity index (χ3v) is 5.20. The molecular formula is C20H20N6OS. The lowest BCUT2D eigenvalue weighted by atomic mass is 10.1. The Balaban J connectivity index is 1.44. The van der Waals surface area contributed by atoms with E-state index in [1.54, 1.807) is 0 Å². The van der Waals surface area contributed by atoms with Crippen molar-refractivity contribution in [3.05, 3.63) is 65.9 Å². The molecule has 3 aromatic rings. The van der Waals surface area contributed by atoms with Crippen molar-refractivity contribution in [1.82, 2.24) is 10.3 Å². The molecule has 0 saturated carbocycles. The average Bonchev–Trinajstić information content (AvgIpc) is 3.12. The van der Waals surface area contributed by atoms with Gasteiger partial charge < -0.3 is 21.4 Å². The van der Waals surface area contributed by atoms with Gasteiger partial charge in [-0.1, -0.05) is 47.7 Å². The molecule has 0 bridgehead atoms. The van der Waals surface area contributed by atoms with Crippen LogP contribution < -0.4 is 16.4 Å². The van der Waals surface area contributed by atoms with Gasteiger partial charge in [-0.05, 0) is 25.1 Å². The fourth-order valence-electron chi connectivity index (χ4n) is 2.93. The minimum atomic E-state index is -0.444. The largest absolute Gasteiger partial charge is 0.370 e. The number of aliphatic imine (C=N–C) groups is 2. The van der Waals surface area contributed by atoms with Crippen molar-refractivity contribution in [2.45, 2.75) is 13.1 Å². The van der Waals surface area contributed by atoms with Crippen LogP contribution in [0.3, 0.4) is 0 Å². The Bertz CT molecular complexity index is 1070. The quantitative estimate of drug-likeness (QED) is 0.547. The first-order chi connectivity index (χ1) is 13.6. The number of nitrogens with two attached hydrogens (primary N) is 1. The van der Waals surface area contributed by atoms with Gasteiger partial charge in [0.05, 0.1) is 5.75 Å². The van der Waals surface area contributed by atoms with Crippen LogP contribution >= 0.6 is 11.8 Å². The maximum absolute atomic E-state index is 12.2. The van der Waals surface area contributed by atoms with Gasteiger partial charge in [-0.15, -0.1) is 0 Å². The highest BCUT2D eigenvalue weighted by atomic mass is 32.2. The number of aromatic amines is 1. The Labute approximate surface area is 166 Å². The van der Waals surface area contributed by atoms with Crippen molar-refractivity contribution in [2.24, 2.45) is 15.7 Å². The van der Waals surface area contributed by atoms with E-state index in [0.29, 0.717) is 5.17 Å². The van der Waals surface area contributed by atoms with Crippen molar-refractivity contribution >= 4 is 45.4 Å². The topological polar surface area (TPSA) is 108 Å². The number of hydrogen-bond donors (Lipinski definition) is 4. The van der Waals surface area contributed by atoms with Gasteiger partial charge in [-0.3, -0.25) is 4.79 Å². The molecule has 4 rings (SSSR count). The predicted octanol–water partition coefficient (Wildman–Crippen LogP) is 3.12. The number of H-pyrrole nitrogens is 1. The van der Waals surface area contributed by atoms with Crippen molar-refractivity contribution in [2.75, 3.05) is 11.1 Å². The Morgan fingerprint density at radius 3 is 2.79 bits per heavy atom. The summed E-state index contributed by atoms with van der Waals surface area (Å²) in [6.07, 6.45) is 1.45. The van der Waals surface area contributed by atoms with Gasteiger partial charge in [0.25, 0.3) is 0 Å². The number of thioether (sulfide) groups is 1.